The van der Waals surface area contributed by atoms with Crippen molar-refractivity contribution in [3.8, 4) is 0 Å². The molecule has 0 N–H and O–H groups in total. The van der Waals surface area contributed by atoms with Crippen LogP contribution < -0.4 is 4.90 Å². The SMILES string of the molecule is COC(=O)c1ccc(CN2C(=O)SC(=CC=Cc3ccc(N(C)C)cc3)C2=O)o1. The zero-order valence-electron chi connectivity index (χ0n) is 16.2. The quantitative estimate of drug-likeness (QED) is 0.525. The Balaban J connectivity index is 1.66. The van der Waals surface area contributed by atoms with Crippen molar-refractivity contribution < 1.29 is 23.5 Å². The standard InChI is InChI=1S/C21H20N2O5S/c1-22(2)15-9-7-14(8-10-15)5-4-6-18-19(24)23(21(26)29-18)13-16-11-12-17(28-16)20(25)27-3/h4-12H,13H2,1-3H3. The molecule has 1 aromatic carbocycles. The molecule has 0 atom stereocenters. The van der Waals surface area contributed by atoms with Crippen molar-refractivity contribution in [3.63, 3.8) is 0 Å². The van der Waals surface area contributed by atoms with Gasteiger partial charge in [0.2, 0.25) is 5.76 Å². The lowest BCUT2D eigenvalue weighted by Crippen LogP contribution is -2.27. The summed E-state index contributed by atoms with van der Waals surface area (Å²) in [6.07, 6.45) is 5.22. The molecule has 1 saturated heterocycles. The number of furan rings is 1. The lowest BCUT2D eigenvalue weighted by atomic mass is 10.2. The van der Waals surface area contributed by atoms with E-state index in [-0.39, 0.29) is 17.5 Å². The summed E-state index contributed by atoms with van der Waals surface area (Å²) >= 11 is 0.867. The molecule has 1 aliphatic heterocycles. The van der Waals surface area contributed by atoms with Crippen molar-refractivity contribution in [1.82, 2.24) is 4.90 Å². The van der Waals surface area contributed by atoms with Gasteiger partial charge in [-0.05, 0) is 47.7 Å². The van der Waals surface area contributed by atoms with Gasteiger partial charge in [-0.25, -0.2) is 4.79 Å². The largest absolute Gasteiger partial charge is 0.463 e. The number of methoxy groups -OCH3 is 1. The molecule has 2 amide bonds. The first-order valence-electron chi connectivity index (χ1n) is 8.75. The van der Waals surface area contributed by atoms with Crippen LogP contribution in [-0.4, -0.2) is 43.2 Å². The second-order valence-electron chi connectivity index (χ2n) is 6.39. The smallest absolute Gasteiger partial charge is 0.373 e. The Morgan fingerprint density at radius 1 is 1.17 bits per heavy atom. The van der Waals surface area contributed by atoms with Crippen LogP contribution >= 0.6 is 11.8 Å². The first-order valence-corrected chi connectivity index (χ1v) is 9.57. The monoisotopic (exact) mass is 412 g/mol. The minimum Gasteiger partial charge on any atom is -0.463 e. The van der Waals surface area contributed by atoms with Crippen LogP contribution in [0.4, 0.5) is 10.5 Å². The van der Waals surface area contributed by atoms with Crippen LogP contribution in [0.3, 0.4) is 0 Å². The lowest BCUT2D eigenvalue weighted by Gasteiger charge is -2.11. The molecule has 0 spiro atoms. The molecular formula is C21H20N2O5S. The van der Waals surface area contributed by atoms with E-state index in [1.54, 1.807) is 12.2 Å². The number of anilines is 1. The number of carbonyl (C=O) groups is 3. The summed E-state index contributed by atoms with van der Waals surface area (Å²) in [5, 5.41) is -0.388. The van der Waals surface area contributed by atoms with E-state index < -0.39 is 11.9 Å². The highest BCUT2D eigenvalue weighted by molar-refractivity contribution is 8.18. The molecule has 7 nitrogen and oxygen atoms in total. The first-order chi connectivity index (χ1) is 13.9. The van der Waals surface area contributed by atoms with E-state index in [0.29, 0.717) is 10.7 Å². The summed E-state index contributed by atoms with van der Waals surface area (Å²) in [7, 11) is 5.19. The summed E-state index contributed by atoms with van der Waals surface area (Å²) in [4.78, 5) is 39.6. The van der Waals surface area contributed by atoms with Crippen molar-refractivity contribution in [1.29, 1.82) is 0 Å². The molecular weight excluding hydrogens is 392 g/mol. The second-order valence-corrected chi connectivity index (χ2v) is 7.39. The minimum atomic E-state index is -0.617. The number of hydrogen-bond donors (Lipinski definition) is 0. The van der Waals surface area contributed by atoms with Gasteiger partial charge in [-0.2, -0.15) is 0 Å². The minimum absolute atomic E-state index is 0.0215. The van der Waals surface area contributed by atoms with E-state index in [1.165, 1.54) is 19.2 Å². The van der Waals surface area contributed by atoms with E-state index in [0.717, 1.165) is 27.9 Å². The van der Waals surface area contributed by atoms with Crippen LogP contribution in [0.1, 0.15) is 21.9 Å². The normalized spacial score (nSPS) is 15.6. The van der Waals surface area contributed by atoms with Gasteiger partial charge in [0.25, 0.3) is 11.1 Å². The number of allylic oxidation sites excluding steroid dienone is 2. The molecule has 0 saturated carbocycles. The highest BCUT2D eigenvalue weighted by Crippen LogP contribution is 2.32. The molecule has 0 radical (unpaired) electrons. The van der Waals surface area contributed by atoms with Gasteiger partial charge in [0.05, 0.1) is 18.6 Å². The number of thioether (sulfide) groups is 1. The molecule has 2 heterocycles. The van der Waals surface area contributed by atoms with Crippen LogP contribution in [0.2, 0.25) is 0 Å². The maximum atomic E-state index is 12.5. The van der Waals surface area contributed by atoms with Crippen LogP contribution in [0, 0.1) is 0 Å². The fourth-order valence-electron chi connectivity index (χ4n) is 2.61. The van der Waals surface area contributed by atoms with Gasteiger partial charge >= 0.3 is 5.97 Å². The fraction of sp³-hybridized carbons (Fsp3) is 0.190. The van der Waals surface area contributed by atoms with Crippen molar-refractivity contribution in [3.05, 3.63) is 70.5 Å². The molecule has 0 aliphatic carbocycles. The number of rotatable bonds is 6. The van der Waals surface area contributed by atoms with Crippen LogP contribution in [-0.2, 0) is 16.1 Å². The van der Waals surface area contributed by atoms with Crippen LogP contribution in [0.5, 0.6) is 0 Å². The van der Waals surface area contributed by atoms with E-state index in [1.807, 2.05) is 49.3 Å². The number of hydrogen-bond acceptors (Lipinski definition) is 7. The Hall–Kier alpha value is -3.26. The van der Waals surface area contributed by atoms with Crippen molar-refractivity contribution >= 4 is 40.6 Å². The Bertz CT molecular complexity index is 989. The lowest BCUT2D eigenvalue weighted by molar-refractivity contribution is -0.123. The van der Waals surface area contributed by atoms with Gasteiger partial charge in [-0.15, -0.1) is 0 Å². The Labute approximate surface area is 172 Å². The molecule has 0 unspecified atom stereocenters. The maximum Gasteiger partial charge on any atom is 0.373 e. The zero-order valence-corrected chi connectivity index (χ0v) is 17.1. The Morgan fingerprint density at radius 2 is 1.90 bits per heavy atom. The molecule has 1 fully saturated rings. The first kappa shape index (κ1) is 20.5. The third-order valence-electron chi connectivity index (χ3n) is 4.18. The zero-order chi connectivity index (χ0) is 21.0. The van der Waals surface area contributed by atoms with Gasteiger partial charge in [0, 0.05) is 19.8 Å². The summed E-state index contributed by atoms with van der Waals surface area (Å²) in [6.45, 7) is -0.0469. The van der Waals surface area contributed by atoms with Gasteiger partial charge in [-0.1, -0.05) is 24.3 Å². The number of ether oxygens (including phenoxy) is 1. The summed E-state index contributed by atoms with van der Waals surface area (Å²) in [6, 6.07) is 10.9. The van der Waals surface area contributed by atoms with E-state index in [4.69, 9.17) is 4.42 Å². The highest BCUT2D eigenvalue weighted by atomic mass is 32.2. The van der Waals surface area contributed by atoms with Crippen LogP contribution in [0.25, 0.3) is 6.08 Å². The highest BCUT2D eigenvalue weighted by Gasteiger charge is 2.35. The third kappa shape index (κ3) is 4.78. The van der Waals surface area contributed by atoms with Gasteiger partial charge < -0.3 is 14.1 Å². The topological polar surface area (TPSA) is 80.1 Å². The Kier molecular flexibility index (Phi) is 6.23. The second kappa shape index (κ2) is 8.83. The average Bonchev–Trinajstić information content (AvgIpc) is 3.28. The van der Waals surface area contributed by atoms with Gasteiger partial charge in [0.15, 0.2) is 0 Å². The van der Waals surface area contributed by atoms with Gasteiger partial charge in [-0.3, -0.25) is 14.5 Å². The number of carbonyl (C=O) groups excluding carboxylic acids is 3. The Morgan fingerprint density at radius 3 is 2.55 bits per heavy atom. The number of benzene rings is 1. The van der Waals surface area contributed by atoms with Crippen molar-refractivity contribution in [2.75, 3.05) is 26.1 Å². The number of esters is 1. The molecule has 150 valence electrons. The predicted octanol–water partition coefficient (Wildman–Crippen LogP) is 3.92. The average molecular weight is 412 g/mol. The predicted molar refractivity (Wildman–Crippen MR) is 111 cm³/mol. The summed E-state index contributed by atoms with van der Waals surface area (Å²) < 4.78 is 9.90. The molecule has 2 aromatic rings. The summed E-state index contributed by atoms with van der Waals surface area (Å²) in [5.74, 6) is -0.670. The van der Waals surface area contributed by atoms with Crippen molar-refractivity contribution in [2.24, 2.45) is 0 Å². The molecule has 1 aliphatic rings. The van der Waals surface area contributed by atoms with E-state index >= 15 is 0 Å². The van der Waals surface area contributed by atoms with E-state index in [9.17, 15) is 14.4 Å². The molecule has 3 rings (SSSR count). The number of amides is 2. The van der Waals surface area contributed by atoms with Crippen LogP contribution in [0.15, 0.2) is 57.9 Å². The van der Waals surface area contributed by atoms with Gasteiger partial charge in [0.1, 0.15) is 5.76 Å². The summed E-state index contributed by atoms with van der Waals surface area (Å²) in [5.41, 5.74) is 2.08. The third-order valence-corrected chi connectivity index (χ3v) is 5.11. The van der Waals surface area contributed by atoms with E-state index in [2.05, 4.69) is 4.74 Å². The van der Waals surface area contributed by atoms with Crippen molar-refractivity contribution in [2.45, 2.75) is 6.54 Å². The fourth-order valence-corrected chi connectivity index (χ4v) is 3.40. The maximum absolute atomic E-state index is 12.5. The number of imide groups is 1. The molecule has 1 aromatic heterocycles. The molecule has 0 bridgehead atoms. The molecule has 29 heavy (non-hydrogen) atoms. The molecule has 8 heteroatoms. The number of nitrogens with zero attached hydrogens (tertiary/aromatic N) is 2.